The van der Waals surface area contributed by atoms with Crippen LogP contribution >= 0.6 is 0 Å². The highest BCUT2D eigenvalue weighted by molar-refractivity contribution is 5.76. The summed E-state index contributed by atoms with van der Waals surface area (Å²) in [4.78, 5) is 28.0. The molecule has 0 amide bonds. The Morgan fingerprint density at radius 2 is 0.943 bits per heavy atom. The van der Waals surface area contributed by atoms with Crippen LogP contribution in [0.5, 0.6) is 0 Å². The molecule has 0 aliphatic heterocycles. The van der Waals surface area contributed by atoms with E-state index >= 15 is 0 Å². The van der Waals surface area contributed by atoms with Crippen LogP contribution in [0, 0.1) is 5.41 Å². The van der Waals surface area contributed by atoms with Gasteiger partial charge in [0.2, 0.25) is 0 Å². The van der Waals surface area contributed by atoms with E-state index in [-0.39, 0.29) is 24.6 Å². The quantitative estimate of drug-likeness (QED) is 0.0494. The minimum atomic E-state index is -0.440. The van der Waals surface area contributed by atoms with E-state index in [0.717, 1.165) is 96.7 Å². The molecule has 0 aliphatic carbocycles. The number of aliphatic hydroxyl groups is 1. The molecule has 0 aliphatic rings. The zero-order chi connectivity index (χ0) is 39.1. The summed E-state index contributed by atoms with van der Waals surface area (Å²) in [5.74, 6) is -0.0431. The van der Waals surface area contributed by atoms with E-state index in [0.29, 0.717) is 13.0 Å². The molecular weight excluding hydrogens is 659 g/mol. The highest BCUT2D eigenvalue weighted by Gasteiger charge is 2.30. The lowest BCUT2D eigenvalue weighted by molar-refractivity contribution is -0.161. The molecule has 0 heterocycles. The van der Waals surface area contributed by atoms with Crippen molar-refractivity contribution in [2.24, 2.45) is 5.41 Å². The molecule has 6 nitrogen and oxygen atoms in total. The summed E-state index contributed by atoms with van der Waals surface area (Å²) in [5.41, 5.74) is -0.440. The Morgan fingerprint density at radius 3 is 1.45 bits per heavy atom. The third-order valence-corrected chi connectivity index (χ3v) is 11.1. The van der Waals surface area contributed by atoms with Gasteiger partial charge in [-0.25, -0.2) is 0 Å². The number of ether oxygens (including phenoxy) is 2. The molecule has 1 N–H and O–H groups in total. The van der Waals surface area contributed by atoms with Gasteiger partial charge in [-0.1, -0.05) is 162 Å². The Labute approximate surface area is 331 Å². The molecule has 53 heavy (non-hydrogen) atoms. The van der Waals surface area contributed by atoms with E-state index in [1.807, 2.05) is 0 Å². The summed E-state index contributed by atoms with van der Waals surface area (Å²) in [5, 5.41) is 9.42. The first-order valence-electron chi connectivity index (χ1n) is 23.5. The Kier molecular flexibility index (Phi) is 38.3. The molecule has 6 heteroatoms. The molecule has 0 atom stereocenters. The van der Waals surface area contributed by atoms with Gasteiger partial charge < -0.3 is 19.5 Å². The van der Waals surface area contributed by atoms with Gasteiger partial charge in [0.05, 0.1) is 12.0 Å². The van der Waals surface area contributed by atoms with E-state index in [4.69, 9.17) is 9.47 Å². The molecule has 0 radical (unpaired) electrons. The first kappa shape index (κ1) is 51.9. The summed E-state index contributed by atoms with van der Waals surface area (Å²) in [6.07, 6.45) is 38.7. The summed E-state index contributed by atoms with van der Waals surface area (Å²) in [6, 6.07) is 0. The van der Waals surface area contributed by atoms with Gasteiger partial charge in [0.15, 0.2) is 0 Å². The van der Waals surface area contributed by atoms with Gasteiger partial charge >= 0.3 is 11.9 Å². The molecule has 0 spiro atoms. The van der Waals surface area contributed by atoms with Crippen LogP contribution in [0.3, 0.4) is 0 Å². The number of rotatable bonds is 42. The molecule has 0 rings (SSSR count). The summed E-state index contributed by atoms with van der Waals surface area (Å²) >= 11 is 0. The van der Waals surface area contributed by atoms with Gasteiger partial charge in [-0.2, -0.15) is 0 Å². The monoisotopic (exact) mass is 752 g/mol. The molecule has 0 saturated carbocycles. The fourth-order valence-corrected chi connectivity index (χ4v) is 7.32. The number of aliphatic hydroxyl groups excluding tert-OH is 1. The molecule has 0 fully saturated rings. The van der Waals surface area contributed by atoms with Crippen LogP contribution in [0.2, 0.25) is 0 Å². The van der Waals surface area contributed by atoms with E-state index < -0.39 is 5.41 Å². The topological polar surface area (TPSA) is 76.1 Å². The van der Waals surface area contributed by atoms with Crippen LogP contribution < -0.4 is 0 Å². The van der Waals surface area contributed by atoms with Gasteiger partial charge in [0.1, 0.15) is 6.10 Å². The summed E-state index contributed by atoms with van der Waals surface area (Å²) in [6.45, 7) is 14.6. The second kappa shape index (κ2) is 39.1. The van der Waals surface area contributed by atoms with Crippen LogP contribution in [0.4, 0.5) is 0 Å². The highest BCUT2D eigenvalue weighted by Crippen LogP contribution is 2.28. The predicted octanol–water partition coefficient (Wildman–Crippen LogP) is 13.7. The van der Waals surface area contributed by atoms with Crippen LogP contribution in [0.25, 0.3) is 0 Å². The second-order valence-electron chi connectivity index (χ2n) is 17.0. The molecule has 0 aromatic heterocycles. The number of hydrogen-bond donors (Lipinski definition) is 1. The van der Waals surface area contributed by atoms with Gasteiger partial charge in [0, 0.05) is 19.6 Å². The largest absolute Gasteiger partial charge is 0.466 e. The number of nitrogens with zero attached hydrogens (tertiary/aromatic N) is 1. The Balaban J connectivity index is 4.27. The first-order valence-corrected chi connectivity index (χ1v) is 23.5. The fourth-order valence-electron chi connectivity index (χ4n) is 7.32. The van der Waals surface area contributed by atoms with Gasteiger partial charge in [-0.15, -0.1) is 0 Å². The normalized spacial score (nSPS) is 11.9. The SMILES string of the molecule is CCCCCCCCCCCCC(=O)OCCCCN(CCCO)CCCCCCC(C)(C)C(=O)OC(CCCCCCCC)CCCCCCCC. The minimum absolute atomic E-state index is 0.000808. The Bertz CT molecular complexity index is 771. The van der Waals surface area contributed by atoms with Crippen LogP contribution in [0.1, 0.15) is 247 Å². The van der Waals surface area contributed by atoms with E-state index in [9.17, 15) is 14.7 Å². The third-order valence-electron chi connectivity index (χ3n) is 11.1. The number of esters is 2. The standard InChI is InChI=1S/C47H93NO5/c1-6-9-12-15-18-19-20-21-24-29-37-45(50)52-43-33-32-40-48(41-34-42-49)39-31-26-25-30-38-47(4,5)46(51)53-44(35-27-22-16-13-10-7-2)36-28-23-17-14-11-8-3/h44,49H,6-43H2,1-5H3. The van der Waals surface area contributed by atoms with Crippen molar-refractivity contribution >= 4 is 11.9 Å². The Hall–Kier alpha value is -1.14. The maximum absolute atomic E-state index is 13.4. The first-order chi connectivity index (χ1) is 25.8. The van der Waals surface area contributed by atoms with Crippen molar-refractivity contribution in [3.8, 4) is 0 Å². The summed E-state index contributed by atoms with van der Waals surface area (Å²) in [7, 11) is 0. The minimum Gasteiger partial charge on any atom is -0.466 e. The average molecular weight is 752 g/mol. The van der Waals surface area contributed by atoms with Crippen LogP contribution in [0.15, 0.2) is 0 Å². The smallest absolute Gasteiger partial charge is 0.311 e. The summed E-state index contributed by atoms with van der Waals surface area (Å²) < 4.78 is 11.8. The maximum Gasteiger partial charge on any atom is 0.311 e. The lowest BCUT2D eigenvalue weighted by atomic mass is 9.86. The van der Waals surface area contributed by atoms with Gasteiger partial charge in [-0.3, -0.25) is 9.59 Å². The number of unbranched alkanes of at least 4 members (excludes halogenated alkanes) is 23. The zero-order valence-electron chi connectivity index (χ0n) is 36.5. The molecule has 0 aromatic carbocycles. The number of carbonyl (C=O) groups excluding carboxylic acids is 2. The van der Waals surface area contributed by atoms with Crippen molar-refractivity contribution in [2.75, 3.05) is 32.8 Å². The molecule has 0 unspecified atom stereocenters. The lowest BCUT2D eigenvalue weighted by Gasteiger charge is -2.27. The highest BCUT2D eigenvalue weighted by atomic mass is 16.5. The predicted molar refractivity (Wildman–Crippen MR) is 228 cm³/mol. The van der Waals surface area contributed by atoms with Crippen molar-refractivity contribution in [1.82, 2.24) is 4.90 Å². The molecule has 0 bridgehead atoms. The second-order valence-corrected chi connectivity index (χ2v) is 17.0. The zero-order valence-corrected chi connectivity index (χ0v) is 36.5. The molecule has 0 saturated heterocycles. The Morgan fingerprint density at radius 1 is 0.528 bits per heavy atom. The maximum atomic E-state index is 13.4. The van der Waals surface area contributed by atoms with Crippen molar-refractivity contribution in [1.29, 1.82) is 0 Å². The number of hydrogen-bond acceptors (Lipinski definition) is 6. The van der Waals surface area contributed by atoms with Gasteiger partial charge in [0.25, 0.3) is 0 Å². The van der Waals surface area contributed by atoms with E-state index in [1.165, 1.54) is 128 Å². The third kappa shape index (κ3) is 35.0. The van der Waals surface area contributed by atoms with Crippen LogP contribution in [-0.4, -0.2) is 60.9 Å². The van der Waals surface area contributed by atoms with Crippen molar-refractivity contribution in [2.45, 2.75) is 253 Å². The lowest BCUT2D eigenvalue weighted by Crippen LogP contribution is -2.31. The van der Waals surface area contributed by atoms with Crippen molar-refractivity contribution in [3.63, 3.8) is 0 Å². The average Bonchev–Trinajstić information content (AvgIpc) is 3.14. The van der Waals surface area contributed by atoms with Crippen molar-refractivity contribution < 1.29 is 24.2 Å². The van der Waals surface area contributed by atoms with E-state index in [1.54, 1.807) is 0 Å². The fraction of sp³-hybridized carbons (Fsp3) is 0.957. The van der Waals surface area contributed by atoms with Gasteiger partial charge in [-0.05, 0) is 91.1 Å². The molecular formula is C47H93NO5. The number of carbonyl (C=O) groups is 2. The van der Waals surface area contributed by atoms with Crippen LogP contribution in [-0.2, 0) is 19.1 Å². The molecule has 316 valence electrons. The molecule has 0 aromatic rings. The van der Waals surface area contributed by atoms with Crippen molar-refractivity contribution in [3.05, 3.63) is 0 Å². The van der Waals surface area contributed by atoms with E-state index in [2.05, 4.69) is 39.5 Å².